The number of benzene rings is 2. The van der Waals surface area contributed by atoms with Crippen LogP contribution in [0.5, 0.6) is 0 Å². The van der Waals surface area contributed by atoms with Crippen LogP contribution in [0.3, 0.4) is 0 Å². The highest BCUT2D eigenvalue weighted by atomic mass is 35.5. The van der Waals surface area contributed by atoms with Gasteiger partial charge in [0.25, 0.3) is 0 Å². The molecule has 0 bridgehead atoms. The molecule has 4 aromatic rings. The number of nitrogens with zero attached hydrogens (tertiary/aromatic N) is 5. The van der Waals surface area contributed by atoms with Gasteiger partial charge in [0.2, 0.25) is 11.9 Å². The molecule has 5 rings (SSSR count). The summed E-state index contributed by atoms with van der Waals surface area (Å²) in [6.45, 7) is 2.95. The molecule has 1 aliphatic heterocycles. The van der Waals surface area contributed by atoms with Crippen molar-refractivity contribution in [1.82, 2.24) is 19.9 Å². The Bertz CT molecular complexity index is 1260. The molecule has 35 heavy (non-hydrogen) atoms. The minimum absolute atomic E-state index is 0.0840. The van der Waals surface area contributed by atoms with Crippen LogP contribution < -0.4 is 10.2 Å². The molecule has 178 valence electrons. The van der Waals surface area contributed by atoms with E-state index < -0.39 is 6.04 Å². The van der Waals surface area contributed by atoms with Gasteiger partial charge >= 0.3 is 0 Å². The Morgan fingerprint density at radius 1 is 0.943 bits per heavy atom. The van der Waals surface area contributed by atoms with E-state index in [9.17, 15) is 4.79 Å². The maximum absolute atomic E-state index is 13.5. The van der Waals surface area contributed by atoms with Crippen molar-refractivity contribution >= 4 is 39.9 Å². The predicted molar refractivity (Wildman–Crippen MR) is 140 cm³/mol. The van der Waals surface area contributed by atoms with E-state index >= 15 is 0 Å². The summed E-state index contributed by atoms with van der Waals surface area (Å²) < 4.78 is 0. The second-order valence-corrected chi connectivity index (χ2v) is 9.80. The number of anilines is 2. The largest absolute Gasteiger partial charge is 0.338 e. The fraction of sp³-hybridized carbons (Fsp3) is 0.231. The van der Waals surface area contributed by atoms with E-state index in [-0.39, 0.29) is 5.91 Å². The van der Waals surface area contributed by atoms with Gasteiger partial charge in [0.05, 0.1) is 0 Å². The van der Waals surface area contributed by atoms with Crippen LogP contribution in [0.4, 0.5) is 11.1 Å². The molecule has 1 amide bonds. The molecule has 0 aliphatic carbocycles. The molecule has 2 aromatic carbocycles. The first-order valence-corrected chi connectivity index (χ1v) is 12.7. The van der Waals surface area contributed by atoms with E-state index in [1.54, 1.807) is 18.6 Å². The third-order valence-electron chi connectivity index (χ3n) is 5.98. The zero-order chi connectivity index (χ0) is 24.0. The van der Waals surface area contributed by atoms with E-state index in [0.29, 0.717) is 11.6 Å². The summed E-state index contributed by atoms with van der Waals surface area (Å²) >= 11 is 7.78. The standard InChI is InChI=1S/C26H25ClN6OS/c27-22-10-5-4-9-20(22)17-21-18-30-26(35-21)31-24(34)23(19-7-2-1-3-8-19)32-13-15-33(16-14-32)25-28-11-6-12-29-25/h1-12,18,23H,13-17H2,(H,30,31,34). The van der Waals surface area contributed by atoms with Crippen LogP contribution in [0.2, 0.25) is 5.02 Å². The van der Waals surface area contributed by atoms with E-state index in [1.165, 1.54) is 11.3 Å². The Labute approximate surface area is 213 Å². The van der Waals surface area contributed by atoms with Crippen molar-refractivity contribution in [3.63, 3.8) is 0 Å². The quantitative estimate of drug-likeness (QED) is 0.394. The van der Waals surface area contributed by atoms with Crippen LogP contribution in [0, 0.1) is 0 Å². The van der Waals surface area contributed by atoms with Gasteiger partial charge < -0.3 is 10.2 Å². The van der Waals surface area contributed by atoms with Gasteiger partial charge in [0.15, 0.2) is 5.13 Å². The molecule has 0 saturated carbocycles. The average molecular weight is 505 g/mol. The number of nitrogens with one attached hydrogen (secondary N) is 1. The molecule has 2 aromatic heterocycles. The second-order valence-electron chi connectivity index (χ2n) is 8.27. The average Bonchev–Trinajstić information content (AvgIpc) is 3.34. The van der Waals surface area contributed by atoms with Gasteiger partial charge in [-0.2, -0.15) is 0 Å². The lowest BCUT2D eigenvalue weighted by molar-refractivity contribution is -0.121. The molecule has 1 unspecified atom stereocenters. The number of amides is 1. The number of carbonyl (C=O) groups is 1. The topological polar surface area (TPSA) is 74.2 Å². The van der Waals surface area contributed by atoms with E-state index in [1.807, 2.05) is 60.7 Å². The summed E-state index contributed by atoms with van der Waals surface area (Å²) in [7, 11) is 0. The smallest absolute Gasteiger partial charge is 0.248 e. The number of thiazole rings is 1. The number of halogens is 1. The van der Waals surface area contributed by atoms with E-state index in [2.05, 4.69) is 30.1 Å². The zero-order valence-electron chi connectivity index (χ0n) is 19.0. The number of aromatic nitrogens is 3. The first kappa shape index (κ1) is 23.4. The van der Waals surface area contributed by atoms with Gasteiger partial charge in [-0.05, 0) is 23.3 Å². The lowest BCUT2D eigenvalue weighted by atomic mass is 10.0. The van der Waals surface area contributed by atoms with Crippen LogP contribution in [-0.4, -0.2) is 51.9 Å². The third kappa shape index (κ3) is 5.67. The number of hydrogen-bond acceptors (Lipinski definition) is 7. The van der Waals surface area contributed by atoms with Crippen LogP contribution in [-0.2, 0) is 11.2 Å². The maximum Gasteiger partial charge on any atom is 0.248 e. The van der Waals surface area contributed by atoms with Crippen molar-refractivity contribution in [2.75, 3.05) is 36.4 Å². The summed E-state index contributed by atoms with van der Waals surface area (Å²) in [5.41, 5.74) is 2.00. The Hall–Kier alpha value is -3.33. The summed E-state index contributed by atoms with van der Waals surface area (Å²) in [6, 6.07) is 19.1. The van der Waals surface area contributed by atoms with Gasteiger partial charge in [-0.15, -0.1) is 11.3 Å². The van der Waals surface area contributed by atoms with Crippen LogP contribution in [0.25, 0.3) is 0 Å². The molecule has 9 heteroatoms. The minimum Gasteiger partial charge on any atom is -0.338 e. The molecule has 1 fully saturated rings. The SMILES string of the molecule is O=C(Nc1ncc(Cc2ccccc2Cl)s1)C(c1ccccc1)N1CCN(c2ncccn2)CC1. The fourth-order valence-corrected chi connectivity index (χ4v) is 5.29. The predicted octanol–water partition coefficient (Wildman–Crippen LogP) is 4.68. The molecule has 1 atom stereocenters. The highest BCUT2D eigenvalue weighted by Gasteiger charge is 2.31. The molecular weight excluding hydrogens is 480 g/mol. The third-order valence-corrected chi connectivity index (χ3v) is 7.27. The molecule has 1 aliphatic rings. The van der Waals surface area contributed by atoms with Gasteiger partial charge in [-0.25, -0.2) is 15.0 Å². The summed E-state index contributed by atoms with van der Waals surface area (Å²) in [4.78, 5) is 32.1. The highest BCUT2D eigenvalue weighted by Crippen LogP contribution is 2.28. The molecule has 1 N–H and O–H groups in total. The molecule has 0 radical (unpaired) electrons. The van der Waals surface area contributed by atoms with Gasteiger partial charge in [-0.1, -0.05) is 60.1 Å². The van der Waals surface area contributed by atoms with Gasteiger partial charge in [0.1, 0.15) is 6.04 Å². The van der Waals surface area contributed by atoms with Crippen molar-refractivity contribution in [3.8, 4) is 0 Å². The first-order chi connectivity index (χ1) is 17.2. The van der Waals surface area contributed by atoms with Crippen molar-refractivity contribution in [1.29, 1.82) is 0 Å². The second kappa shape index (κ2) is 10.9. The van der Waals surface area contributed by atoms with E-state index in [4.69, 9.17) is 11.6 Å². The number of piperazine rings is 1. The summed E-state index contributed by atoms with van der Waals surface area (Å²) in [5, 5.41) is 4.38. The molecule has 7 nitrogen and oxygen atoms in total. The molecule has 0 spiro atoms. The number of carbonyl (C=O) groups excluding carboxylic acids is 1. The van der Waals surface area contributed by atoms with Gasteiger partial charge in [-0.3, -0.25) is 9.69 Å². The van der Waals surface area contributed by atoms with Crippen molar-refractivity contribution < 1.29 is 4.79 Å². The number of rotatable bonds is 7. The maximum atomic E-state index is 13.5. The normalized spacial score (nSPS) is 15.1. The van der Waals surface area contributed by atoms with Crippen LogP contribution >= 0.6 is 22.9 Å². The van der Waals surface area contributed by atoms with Crippen LogP contribution in [0.1, 0.15) is 22.0 Å². The van der Waals surface area contributed by atoms with E-state index in [0.717, 1.165) is 53.2 Å². The van der Waals surface area contributed by atoms with Crippen LogP contribution in [0.15, 0.2) is 79.3 Å². The first-order valence-electron chi connectivity index (χ1n) is 11.5. The zero-order valence-corrected chi connectivity index (χ0v) is 20.6. The van der Waals surface area contributed by atoms with Crippen molar-refractivity contribution in [2.24, 2.45) is 0 Å². The molecular formula is C26H25ClN6OS. The summed E-state index contributed by atoms with van der Waals surface area (Å²) in [6.07, 6.45) is 5.99. The number of hydrogen-bond donors (Lipinski definition) is 1. The minimum atomic E-state index is -0.411. The fourth-order valence-electron chi connectivity index (χ4n) is 4.25. The Kier molecular flexibility index (Phi) is 7.32. The lowest BCUT2D eigenvalue weighted by Gasteiger charge is -2.38. The lowest BCUT2D eigenvalue weighted by Crippen LogP contribution is -2.50. The van der Waals surface area contributed by atoms with Gasteiger partial charge in [0, 0.05) is 61.1 Å². The van der Waals surface area contributed by atoms with Crippen molar-refractivity contribution in [2.45, 2.75) is 12.5 Å². The Morgan fingerprint density at radius 3 is 2.40 bits per heavy atom. The molecule has 3 heterocycles. The monoisotopic (exact) mass is 504 g/mol. The molecule has 1 saturated heterocycles. The van der Waals surface area contributed by atoms with Crippen molar-refractivity contribution in [3.05, 3.63) is 100 Å². The summed E-state index contributed by atoms with van der Waals surface area (Å²) in [5.74, 6) is 0.640. The Balaban J connectivity index is 1.29. The Morgan fingerprint density at radius 2 is 1.66 bits per heavy atom. The highest BCUT2D eigenvalue weighted by molar-refractivity contribution is 7.15.